The van der Waals surface area contributed by atoms with Gasteiger partial charge in [0.25, 0.3) is 10.0 Å². The van der Waals surface area contributed by atoms with E-state index in [1.165, 1.54) is 6.20 Å². The Hall–Kier alpha value is -3.17. The van der Waals surface area contributed by atoms with E-state index in [4.69, 9.17) is 0 Å². The van der Waals surface area contributed by atoms with Gasteiger partial charge in [-0.05, 0) is 24.3 Å². The second-order valence-corrected chi connectivity index (χ2v) is 7.83. The maximum atomic E-state index is 12.5. The van der Waals surface area contributed by atoms with Gasteiger partial charge in [-0.25, -0.2) is 13.4 Å². The van der Waals surface area contributed by atoms with Crippen LogP contribution in [0.2, 0.25) is 0 Å². The average Bonchev–Trinajstić information content (AvgIpc) is 3.03. The molecule has 0 radical (unpaired) electrons. The molecule has 3 rings (SSSR count). The van der Waals surface area contributed by atoms with Gasteiger partial charge < -0.3 is 4.74 Å². The van der Waals surface area contributed by atoms with Crippen molar-refractivity contribution in [2.24, 2.45) is 0 Å². The lowest BCUT2D eigenvalue weighted by Gasteiger charge is -2.10. The van der Waals surface area contributed by atoms with Crippen molar-refractivity contribution in [3.63, 3.8) is 0 Å². The van der Waals surface area contributed by atoms with Gasteiger partial charge in [-0.2, -0.15) is 5.26 Å². The number of halogens is 3. The lowest BCUT2D eigenvalue weighted by atomic mass is 10.2. The smallest absolute Gasteiger partial charge is 0.406 e. The standard InChI is InChI=1S/C16H9F3N4O3S2/c17-16(18,19)26-10-4-3-5-11(8-10)28(24,25)23-15-22-14(13(9-20)27-15)12-6-1-2-7-21-12/h1-8H,(H,22,23). The maximum Gasteiger partial charge on any atom is 0.573 e. The Bertz CT molecular complexity index is 1140. The van der Waals surface area contributed by atoms with Crippen molar-refractivity contribution >= 4 is 26.5 Å². The van der Waals surface area contributed by atoms with Gasteiger partial charge in [0.05, 0.1) is 10.6 Å². The fourth-order valence-electron chi connectivity index (χ4n) is 2.13. The Morgan fingerprint density at radius 1 is 1.18 bits per heavy atom. The molecule has 0 saturated carbocycles. The van der Waals surface area contributed by atoms with Gasteiger partial charge >= 0.3 is 6.36 Å². The van der Waals surface area contributed by atoms with Gasteiger partial charge in [0, 0.05) is 12.3 Å². The molecule has 0 bridgehead atoms. The van der Waals surface area contributed by atoms with E-state index in [-0.39, 0.29) is 15.7 Å². The first kappa shape index (κ1) is 19.6. The molecule has 0 unspecified atom stereocenters. The number of ether oxygens (including phenoxy) is 1. The van der Waals surface area contributed by atoms with Crippen molar-refractivity contribution in [2.75, 3.05) is 4.72 Å². The largest absolute Gasteiger partial charge is 0.573 e. The number of alkyl halides is 3. The third-order valence-corrected chi connectivity index (χ3v) is 5.55. The van der Waals surface area contributed by atoms with Crippen molar-refractivity contribution in [1.29, 1.82) is 5.26 Å². The Labute approximate surface area is 161 Å². The molecule has 2 aromatic heterocycles. The fourth-order valence-corrected chi connectivity index (χ4v) is 4.17. The minimum Gasteiger partial charge on any atom is -0.406 e. The van der Waals surface area contributed by atoms with Gasteiger partial charge in [0.1, 0.15) is 22.4 Å². The quantitative estimate of drug-likeness (QED) is 0.666. The molecule has 12 heteroatoms. The zero-order chi connectivity index (χ0) is 20.4. The number of thiazole rings is 1. The SMILES string of the molecule is N#Cc1sc(NS(=O)(=O)c2cccc(OC(F)(F)F)c2)nc1-c1ccccn1. The highest BCUT2D eigenvalue weighted by molar-refractivity contribution is 7.93. The van der Waals surface area contributed by atoms with Crippen LogP contribution in [0.15, 0.2) is 53.6 Å². The number of hydrogen-bond acceptors (Lipinski definition) is 7. The van der Waals surface area contributed by atoms with Crippen molar-refractivity contribution in [3.8, 4) is 23.2 Å². The molecule has 0 aliphatic rings. The number of aromatic nitrogens is 2. The molecule has 2 heterocycles. The Balaban J connectivity index is 1.91. The van der Waals surface area contributed by atoms with Crippen LogP contribution in [0, 0.1) is 11.3 Å². The summed E-state index contributed by atoms with van der Waals surface area (Å²) in [6.45, 7) is 0. The minimum atomic E-state index is -4.95. The summed E-state index contributed by atoms with van der Waals surface area (Å²) in [5, 5.41) is 9.12. The number of nitrogens with zero attached hydrogens (tertiary/aromatic N) is 3. The van der Waals surface area contributed by atoms with Crippen LogP contribution in [0.3, 0.4) is 0 Å². The first-order valence-electron chi connectivity index (χ1n) is 7.39. The van der Waals surface area contributed by atoms with E-state index in [9.17, 15) is 26.9 Å². The number of anilines is 1. The molecule has 1 aromatic carbocycles. The molecule has 28 heavy (non-hydrogen) atoms. The van der Waals surface area contributed by atoms with Crippen molar-refractivity contribution < 1.29 is 26.3 Å². The van der Waals surface area contributed by atoms with E-state index in [1.807, 2.05) is 6.07 Å². The van der Waals surface area contributed by atoms with E-state index in [0.29, 0.717) is 5.69 Å². The summed E-state index contributed by atoms with van der Waals surface area (Å²) in [5.74, 6) is -0.679. The summed E-state index contributed by atoms with van der Waals surface area (Å²) in [7, 11) is -4.26. The highest BCUT2D eigenvalue weighted by Gasteiger charge is 2.31. The number of pyridine rings is 1. The lowest BCUT2D eigenvalue weighted by Crippen LogP contribution is -2.18. The van der Waals surface area contributed by atoms with Gasteiger partial charge in [0.15, 0.2) is 5.13 Å². The Kier molecular flexibility index (Phi) is 5.21. The van der Waals surface area contributed by atoms with Crippen LogP contribution in [0.1, 0.15) is 4.88 Å². The molecular formula is C16H9F3N4O3S2. The van der Waals surface area contributed by atoms with Gasteiger partial charge in [-0.15, -0.1) is 13.2 Å². The Morgan fingerprint density at radius 3 is 2.61 bits per heavy atom. The molecule has 0 saturated heterocycles. The summed E-state index contributed by atoms with van der Waals surface area (Å²) < 4.78 is 67.8. The average molecular weight is 426 g/mol. The normalized spacial score (nSPS) is 11.6. The number of sulfonamides is 1. The zero-order valence-electron chi connectivity index (χ0n) is 13.6. The molecule has 0 fully saturated rings. The third kappa shape index (κ3) is 4.56. The predicted molar refractivity (Wildman–Crippen MR) is 94.0 cm³/mol. The topological polar surface area (TPSA) is 105 Å². The molecule has 0 aliphatic carbocycles. The second-order valence-electron chi connectivity index (χ2n) is 5.15. The molecule has 3 aromatic rings. The van der Waals surface area contributed by atoms with Crippen molar-refractivity contribution in [3.05, 3.63) is 53.5 Å². The first-order valence-corrected chi connectivity index (χ1v) is 9.69. The van der Waals surface area contributed by atoms with Crippen LogP contribution >= 0.6 is 11.3 Å². The maximum absolute atomic E-state index is 12.5. The first-order chi connectivity index (χ1) is 13.2. The Morgan fingerprint density at radius 2 is 1.96 bits per heavy atom. The molecule has 144 valence electrons. The van der Waals surface area contributed by atoms with Crippen LogP contribution in [-0.4, -0.2) is 24.7 Å². The number of benzene rings is 1. The van der Waals surface area contributed by atoms with Gasteiger partial charge in [0.2, 0.25) is 0 Å². The zero-order valence-corrected chi connectivity index (χ0v) is 15.3. The summed E-state index contributed by atoms with van der Waals surface area (Å²) in [6, 6.07) is 10.8. The fraction of sp³-hybridized carbons (Fsp3) is 0.0625. The van der Waals surface area contributed by atoms with Crippen molar-refractivity contribution in [1.82, 2.24) is 9.97 Å². The summed E-state index contributed by atoms with van der Waals surface area (Å²) in [4.78, 5) is 7.81. The summed E-state index contributed by atoms with van der Waals surface area (Å²) >= 11 is 0.776. The molecule has 7 nitrogen and oxygen atoms in total. The van der Waals surface area contributed by atoms with Crippen molar-refractivity contribution in [2.45, 2.75) is 11.3 Å². The van der Waals surface area contributed by atoms with Crippen LogP contribution in [0.4, 0.5) is 18.3 Å². The van der Waals surface area contributed by atoms with E-state index >= 15 is 0 Å². The number of nitriles is 1. The minimum absolute atomic E-state index is 0.126. The summed E-state index contributed by atoms with van der Waals surface area (Å²) in [6.07, 6.45) is -3.46. The van der Waals surface area contributed by atoms with E-state index in [0.717, 1.165) is 35.6 Å². The molecule has 1 N–H and O–H groups in total. The number of nitrogens with one attached hydrogen (secondary N) is 1. The van der Waals surface area contributed by atoms with Crippen LogP contribution < -0.4 is 9.46 Å². The summed E-state index contributed by atoms with van der Waals surface area (Å²) in [5.41, 5.74) is 0.571. The molecule has 0 amide bonds. The molecule has 0 spiro atoms. The third-order valence-electron chi connectivity index (χ3n) is 3.21. The van der Waals surface area contributed by atoms with Crippen LogP contribution in [-0.2, 0) is 10.0 Å². The molecule has 0 atom stereocenters. The van der Waals surface area contributed by atoms with Crippen LogP contribution in [0.25, 0.3) is 11.4 Å². The highest BCUT2D eigenvalue weighted by Crippen LogP contribution is 2.31. The molecular weight excluding hydrogens is 417 g/mol. The monoisotopic (exact) mass is 426 g/mol. The van der Waals surface area contributed by atoms with Gasteiger partial charge in [-0.3, -0.25) is 9.71 Å². The highest BCUT2D eigenvalue weighted by atomic mass is 32.2. The molecule has 0 aliphatic heterocycles. The number of rotatable bonds is 5. The second kappa shape index (κ2) is 7.45. The van der Waals surface area contributed by atoms with E-state index in [1.54, 1.807) is 18.2 Å². The van der Waals surface area contributed by atoms with E-state index in [2.05, 4.69) is 19.4 Å². The van der Waals surface area contributed by atoms with E-state index < -0.39 is 27.0 Å². The predicted octanol–water partition coefficient (Wildman–Crippen LogP) is 3.78. The van der Waals surface area contributed by atoms with Crippen LogP contribution in [0.5, 0.6) is 5.75 Å². The van der Waals surface area contributed by atoms with Gasteiger partial charge in [-0.1, -0.05) is 23.5 Å². The lowest BCUT2D eigenvalue weighted by molar-refractivity contribution is -0.274. The number of hydrogen-bond donors (Lipinski definition) is 1.